The largest absolute Gasteiger partial charge is 0.456 e. The molecule has 1 unspecified atom stereocenters. The molecule has 170 valence electrons. The van der Waals surface area contributed by atoms with Gasteiger partial charge in [0.05, 0.1) is 0 Å². The monoisotopic (exact) mass is 483 g/mol. The first-order valence-corrected chi connectivity index (χ1v) is 12.3. The smallest absolute Gasteiger partial charge is 0.199 e. The SMILES string of the molecule is ClC1=NC(c2cc3c4c(cccc4c2)-c2ccccc2-3)=NC(c2cccc3oc4ccccc4c23)N1. The number of nitrogens with one attached hydrogen (secondary N) is 1. The molecule has 5 heteroatoms. The van der Waals surface area contributed by atoms with Crippen molar-refractivity contribution in [2.24, 2.45) is 9.98 Å². The van der Waals surface area contributed by atoms with Crippen molar-refractivity contribution in [3.8, 4) is 22.3 Å². The minimum atomic E-state index is -0.391. The lowest BCUT2D eigenvalue weighted by Gasteiger charge is -2.21. The van der Waals surface area contributed by atoms with Crippen LogP contribution in [0.1, 0.15) is 17.3 Å². The lowest BCUT2D eigenvalue weighted by Crippen LogP contribution is -2.29. The van der Waals surface area contributed by atoms with Gasteiger partial charge in [-0.2, -0.15) is 0 Å². The maximum absolute atomic E-state index is 6.57. The fourth-order valence-electron chi connectivity index (χ4n) is 5.68. The molecule has 1 atom stereocenters. The van der Waals surface area contributed by atoms with Crippen molar-refractivity contribution in [1.29, 1.82) is 0 Å². The molecule has 0 bridgehead atoms. The first kappa shape index (κ1) is 19.8. The van der Waals surface area contributed by atoms with E-state index in [1.165, 1.54) is 33.0 Å². The Morgan fingerprint density at radius 1 is 0.694 bits per heavy atom. The van der Waals surface area contributed by atoms with E-state index in [0.717, 1.165) is 33.1 Å². The molecular weight excluding hydrogens is 466 g/mol. The topological polar surface area (TPSA) is 49.9 Å². The quantitative estimate of drug-likeness (QED) is 0.253. The zero-order valence-corrected chi connectivity index (χ0v) is 19.8. The van der Waals surface area contributed by atoms with Gasteiger partial charge in [0.1, 0.15) is 17.3 Å². The molecule has 6 aromatic rings. The Hall–Kier alpha value is -4.41. The minimum absolute atomic E-state index is 0.320. The van der Waals surface area contributed by atoms with E-state index in [2.05, 4.69) is 77.0 Å². The number of halogens is 1. The Morgan fingerprint density at radius 3 is 2.36 bits per heavy atom. The summed E-state index contributed by atoms with van der Waals surface area (Å²) in [6, 6.07) is 33.5. The van der Waals surface area contributed by atoms with Crippen molar-refractivity contribution in [2.75, 3.05) is 0 Å². The van der Waals surface area contributed by atoms with Gasteiger partial charge in [0.25, 0.3) is 0 Å². The zero-order chi connectivity index (χ0) is 23.8. The van der Waals surface area contributed by atoms with E-state index < -0.39 is 6.17 Å². The van der Waals surface area contributed by atoms with Crippen LogP contribution in [0.25, 0.3) is 55.0 Å². The predicted octanol–water partition coefficient (Wildman–Crippen LogP) is 8.03. The molecule has 4 nitrogen and oxygen atoms in total. The maximum atomic E-state index is 6.57. The van der Waals surface area contributed by atoms with Gasteiger partial charge in [-0.1, -0.05) is 72.8 Å². The number of hydrogen-bond donors (Lipinski definition) is 1. The predicted molar refractivity (Wildman–Crippen MR) is 148 cm³/mol. The van der Waals surface area contributed by atoms with Crippen LogP contribution in [0, 0.1) is 0 Å². The highest BCUT2D eigenvalue weighted by Crippen LogP contribution is 2.47. The first-order chi connectivity index (χ1) is 17.7. The van der Waals surface area contributed by atoms with Gasteiger partial charge in [-0.05, 0) is 68.9 Å². The molecule has 1 aromatic heterocycles. The standard InChI is InChI=1S/C31H18ClN3O/c32-31-34-29(18-15-17-7-5-11-21-19-8-1-2-9-20(19)24(16-18)27(17)21)33-30(35-31)23-12-6-14-26-28(23)22-10-3-4-13-25(22)36-26/h1-16,30H,(H,33,34,35). The van der Waals surface area contributed by atoms with Crippen molar-refractivity contribution in [2.45, 2.75) is 6.17 Å². The molecule has 36 heavy (non-hydrogen) atoms. The van der Waals surface area contributed by atoms with Crippen molar-refractivity contribution >= 4 is 55.4 Å². The molecule has 0 fully saturated rings. The third-order valence-electron chi connectivity index (χ3n) is 7.18. The number of fused-ring (bicyclic) bond motifs is 6. The summed E-state index contributed by atoms with van der Waals surface area (Å²) in [6.45, 7) is 0. The van der Waals surface area contributed by atoms with E-state index in [1.807, 2.05) is 30.3 Å². The van der Waals surface area contributed by atoms with E-state index in [4.69, 9.17) is 21.0 Å². The van der Waals surface area contributed by atoms with Gasteiger partial charge in [0.15, 0.2) is 11.1 Å². The molecule has 1 aliphatic carbocycles. The van der Waals surface area contributed by atoms with Crippen LogP contribution in [-0.2, 0) is 0 Å². The normalized spacial score (nSPS) is 16.2. The second-order valence-electron chi connectivity index (χ2n) is 9.19. The van der Waals surface area contributed by atoms with Gasteiger partial charge in [-0.25, -0.2) is 9.98 Å². The Bertz CT molecular complexity index is 1950. The second kappa shape index (κ2) is 7.30. The van der Waals surface area contributed by atoms with Crippen LogP contribution in [0.15, 0.2) is 111 Å². The van der Waals surface area contributed by atoms with E-state index in [0.29, 0.717) is 11.1 Å². The number of aliphatic imine (C=N–C) groups is 2. The number of furan rings is 1. The molecular formula is C31H18ClN3O. The Balaban J connectivity index is 1.33. The first-order valence-electron chi connectivity index (χ1n) is 11.9. The van der Waals surface area contributed by atoms with Crippen molar-refractivity contribution in [3.05, 3.63) is 108 Å². The molecule has 0 saturated heterocycles. The summed E-state index contributed by atoms with van der Waals surface area (Å²) in [7, 11) is 0. The van der Waals surface area contributed by atoms with E-state index in [-0.39, 0.29) is 0 Å². The molecule has 1 N–H and O–H groups in total. The van der Waals surface area contributed by atoms with Gasteiger partial charge in [-0.3, -0.25) is 0 Å². The number of nitrogens with zero attached hydrogens (tertiary/aromatic N) is 2. The third kappa shape index (κ3) is 2.76. The highest BCUT2D eigenvalue weighted by atomic mass is 35.5. The van der Waals surface area contributed by atoms with Crippen LogP contribution in [0.2, 0.25) is 0 Å². The van der Waals surface area contributed by atoms with Gasteiger partial charge in [0, 0.05) is 21.9 Å². The molecule has 0 radical (unpaired) electrons. The van der Waals surface area contributed by atoms with Crippen LogP contribution in [0.4, 0.5) is 0 Å². The van der Waals surface area contributed by atoms with Gasteiger partial charge in [-0.15, -0.1) is 0 Å². The fraction of sp³-hybridized carbons (Fsp3) is 0.0323. The van der Waals surface area contributed by atoms with Gasteiger partial charge in [0.2, 0.25) is 0 Å². The molecule has 0 saturated carbocycles. The second-order valence-corrected chi connectivity index (χ2v) is 9.55. The van der Waals surface area contributed by atoms with Crippen LogP contribution in [-0.4, -0.2) is 11.1 Å². The fourth-order valence-corrected chi connectivity index (χ4v) is 5.87. The summed E-state index contributed by atoms with van der Waals surface area (Å²) >= 11 is 6.57. The summed E-state index contributed by atoms with van der Waals surface area (Å²) in [6.07, 6.45) is -0.391. The lowest BCUT2D eigenvalue weighted by molar-refractivity contribution is 0.663. The Kier molecular flexibility index (Phi) is 4.02. The summed E-state index contributed by atoms with van der Waals surface area (Å²) in [4.78, 5) is 9.67. The van der Waals surface area contributed by atoms with Crippen LogP contribution in [0.5, 0.6) is 0 Å². The summed E-state index contributed by atoms with van der Waals surface area (Å²) in [5.74, 6) is 0.612. The number of para-hydroxylation sites is 1. The minimum Gasteiger partial charge on any atom is -0.456 e. The Labute approximate surface area is 211 Å². The number of rotatable bonds is 2. The molecule has 2 heterocycles. The highest BCUT2D eigenvalue weighted by Gasteiger charge is 2.26. The van der Waals surface area contributed by atoms with Gasteiger partial charge >= 0.3 is 0 Å². The molecule has 5 aromatic carbocycles. The molecule has 0 spiro atoms. The summed E-state index contributed by atoms with van der Waals surface area (Å²) < 4.78 is 6.10. The average Bonchev–Trinajstić information content (AvgIpc) is 3.45. The molecule has 0 amide bonds. The summed E-state index contributed by atoms with van der Waals surface area (Å²) in [5.41, 5.74) is 8.61. The van der Waals surface area contributed by atoms with Crippen LogP contribution in [0.3, 0.4) is 0 Å². The number of hydrogen-bond acceptors (Lipinski definition) is 4. The van der Waals surface area contributed by atoms with E-state index >= 15 is 0 Å². The van der Waals surface area contributed by atoms with Gasteiger partial charge < -0.3 is 9.73 Å². The summed E-state index contributed by atoms with van der Waals surface area (Å²) in [5, 5.41) is 8.12. The molecule has 8 rings (SSSR count). The Morgan fingerprint density at radius 2 is 1.44 bits per heavy atom. The number of benzene rings is 5. The maximum Gasteiger partial charge on any atom is 0.199 e. The van der Waals surface area contributed by atoms with Crippen LogP contribution >= 0.6 is 11.6 Å². The van der Waals surface area contributed by atoms with Crippen molar-refractivity contribution in [1.82, 2.24) is 5.32 Å². The van der Waals surface area contributed by atoms with Crippen molar-refractivity contribution < 1.29 is 4.42 Å². The van der Waals surface area contributed by atoms with Crippen LogP contribution < -0.4 is 5.32 Å². The lowest BCUT2D eigenvalue weighted by atomic mass is 9.99. The third-order valence-corrected chi connectivity index (χ3v) is 7.38. The zero-order valence-electron chi connectivity index (χ0n) is 19.0. The molecule has 1 aliphatic heterocycles. The van der Waals surface area contributed by atoms with E-state index in [9.17, 15) is 0 Å². The number of amidine groups is 2. The van der Waals surface area contributed by atoms with E-state index in [1.54, 1.807) is 0 Å². The molecule has 2 aliphatic rings. The highest BCUT2D eigenvalue weighted by molar-refractivity contribution is 6.65. The van der Waals surface area contributed by atoms with Crippen molar-refractivity contribution in [3.63, 3.8) is 0 Å². The average molecular weight is 484 g/mol.